The van der Waals surface area contributed by atoms with E-state index in [0.717, 1.165) is 28.4 Å². The van der Waals surface area contributed by atoms with Gasteiger partial charge >= 0.3 is 0 Å². The van der Waals surface area contributed by atoms with E-state index in [4.69, 9.17) is 9.98 Å². The van der Waals surface area contributed by atoms with Crippen molar-refractivity contribution >= 4 is 74.7 Å². The molecular formula is C39H25N3S2. The molecule has 5 heteroatoms. The molecule has 0 amide bonds. The first-order chi connectivity index (χ1) is 21.8. The molecule has 0 spiro atoms. The number of nitrogens with zero attached hydrogens (tertiary/aromatic N) is 2. The van der Waals surface area contributed by atoms with E-state index in [1.807, 2.05) is 46.9 Å². The minimum Gasteiger partial charge on any atom is -0.344 e. The minimum absolute atomic E-state index is 0.210. The lowest BCUT2D eigenvalue weighted by Crippen LogP contribution is -2.33. The van der Waals surface area contributed by atoms with E-state index in [0.29, 0.717) is 0 Å². The fourth-order valence-corrected chi connectivity index (χ4v) is 8.46. The highest BCUT2D eigenvalue weighted by atomic mass is 32.1. The first kappa shape index (κ1) is 25.4. The van der Waals surface area contributed by atoms with E-state index in [1.165, 1.54) is 51.5 Å². The lowest BCUT2D eigenvalue weighted by molar-refractivity contribution is 0.674. The zero-order valence-electron chi connectivity index (χ0n) is 23.6. The number of nitrogens with one attached hydrogen (secondary N) is 1. The number of aliphatic imine (C=N–C) groups is 2. The van der Waals surface area contributed by atoms with Gasteiger partial charge in [-0.1, -0.05) is 115 Å². The molecule has 208 valence electrons. The summed E-state index contributed by atoms with van der Waals surface area (Å²) in [6, 6.07) is 49.7. The smallest absolute Gasteiger partial charge is 0.159 e. The summed E-state index contributed by atoms with van der Waals surface area (Å²) in [5.74, 6) is 1.58. The van der Waals surface area contributed by atoms with Crippen LogP contribution in [0.1, 0.15) is 22.9 Å². The monoisotopic (exact) mass is 599 g/mol. The molecule has 8 aromatic rings. The van der Waals surface area contributed by atoms with Crippen molar-refractivity contribution in [2.75, 3.05) is 0 Å². The highest BCUT2D eigenvalue weighted by molar-refractivity contribution is 7.26. The standard InChI is InChI=1S/C39H25N3S2/c1-3-9-24(10-4-1)37-40-38(25-11-5-2-6-12-25)42-39(41-37)28-17-20-32-31-19-16-27(22-35(31)44-36(32)23-28)26-15-18-30-29-13-7-8-14-33(29)43-34(30)21-26/h1-23,37H,(H,40,41,42). The SMILES string of the molecule is c1ccc(C2=NC(c3ccccc3)NC(c3ccc4c(c3)sc3cc(-c5ccc6c(c5)sc5ccccc56)ccc34)=N2)cc1. The molecule has 1 unspecified atom stereocenters. The third kappa shape index (κ3) is 4.32. The molecule has 0 radical (unpaired) electrons. The van der Waals surface area contributed by atoms with Crippen molar-refractivity contribution < 1.29 is 0 Å². The van der Waals surface area contributed by atoms with Gasteiger partial charge in [-0.05, 0) is 41.0 Å². The van der Waals surface area contributed by atoms with Crippen molar-refractivity contribution in [3.63, 3.8) is 0 Å². The summed E-state index contributed by atoms with van der Waals surface area (Å²) in [5, 5.41) is 8.84. The third-order valence-electron chi connectivity index (χ3n) is 8.35. The van der Waals surface area contributed by atoms with Gasteiger partial charge < -0.3 is 5.32 Å². The summed E-state index contributed by atoms with van der Waals surface area (Å²) in [5.41, 5.74) is 5.68. The van der Waals surface area contributed by atoms with Crippen LogP contribution in [0.4, 0.5) is 0 Å². The Balaban J connectivity index is 1.10. The Morgan fingerprint density at radius 3 is 1.66 bits per heavy atom. The van der Waals surface area contributed by atoms with Crippen LogP contribution in [-0.2, 0) is 0 Å². The van der Waals surface area contributed by atoms with Gasteiger partial charge in [0.1, 0.15) is 12.0 Å². The van der Waals surface area contributed by atoms with Gasteiger partial charge in [0.05, 0.1) is 0 Å². The fourth-order valence-electron chi connectivity index (χ4n) is 6.13. The molecule has 1 aliphatic heterocycles. The molecule has 6 aromatic carbocycles. The molecule has 3 nitrogen and oxygen atoms in total. The fraction of sp³-hybridized carbons (Fsp3) is 0.0256. The van der Waals surface area contributed by atoms with Gasteiger partial charge in [0.15, 0.2) is 5.84 Å². The molecule has 1 aliphatic rings. The summed E-state index contributed by atoms with van der Waals surface area (Å²) in [7, 11) is 0. The zero-order valence-corrected chi connectivity index (χ0v) is 25.2. The minimum atomic E-state index is -0.210. The topological polar surface area (TPSA) is 36.8 Å². The molecule has 44 heavy (non-hydrogen) atoms. The highest BCUT2D eigenvalue weighted by Gasteiger charge is 2.21. The molecule has 1 atom stereocenters. The van der Waals surface area contributed by atoms with Gasteiger partial charge in [-0.2, -0.15) is 0 Å². The van der Waals surface area contributed by atoms with Crippen molar-refractivity contribution in [1.29, 1.82) is 0 Å². The van der Waals surface area contributed by atoms with Crippen molar-refractivity contribution in [3.8, 4) is 11.1 Å². The van der Waals surface area contributed by atoms with E-state index in [2.05, 4.69) is 121 Å². The van der Waals surface area contributed by atoms with Gasteiger partial charge in [0.25, 0.3) is 0 Å². The predicted octanol–water partition coefficient (Wildman–Crippen LogP) is 10.6. The van der Waals surface area contributed by atoms with Gasteiger partial charge in [0, 0.05) is 51.5 Å². The molecule has 2 aromatic heterocycles. The second-order valence-corrected chi connectivity index (χ2v) is 13.2. The largest absolute Gasteiger partial charge is 0.344 e. The number of hydrogen-bond donors (Lipinski definition) is 1. The van der Waals surface area contributed by atoms with E-state index >= 15 is 0 Å². The number of rotatable bonds is 4. The van der Waals surface area contributed by atoms with E-state index < -0.39 is 0 Å². The number of fused-ring (bicyclic) bond motifs is 6. The molecule has 3 heterocycles. The van der Waals surface area contributed by atoms with Crippen LogP contribution in [0.2, 0.25) is 0 Å². The van der Waals surface area contributed by atoms with Crippen molar-refractivity contribution in [1.82, 2.24) is 5.32 Å². The Labute approximate surface area is 262 Å². The summed E-state index contributed by atoms with van der Waals surface area (Å²) in [6.07, 6.45) is -0.210. The molecular weight excluding hydrogens is 575 g/mol. The molecule has 0 saturated heterocycles. The number of hydrogen-bond acceptors (Lipinski definition) is 5. The predicted molar refractivity (Wildman–Crippen MR) is 189 cm³/mol. The molecule has 9 rings (SSSR count). The Bertz CT molecular complexity index is 2420. The van der Waals surface area contributed by atoms with E-state index in [1.54, 1.807) is 0 Å². The van der Waals surface area contributed by atoms with E-state index in [9.17, 15) is 0 Å². The van der Waals surface area contributed by atoms with Gasteiger partial charge in [-0.25, -0.2) is 9.98 Å². The van der Waals surface area contributed by atoms with Crippen LogP contribution in [0.3, 0.4) is 0 Å². The number of amidine groups is 2. The van der Waals surface area contributed by atoms with Crippen LogP contribution in [0.15, 0.2) is 150 Å². The molecule has 1 N–H and O–H groups in total. The van der Waals surface area contributed by atoms with Crippen LogP contribution in [-0.4, -0.2) is 11.7 Å². The zero-order chi connectivity index (χ0) is 29.0. The Morgan fingerprint density at radius 1 is 0.455 bits per heavy atom. The van der Waals surface area contributed by atoms with Crippen molar-refractivity contribution in [2.45, 2.75) is 6.17 Å². The Morgan fingerprint density at radius 2 is 0.977 bits per heavy atom. The quantitative estimate of drug-likeness (QED) is 0.215. The summed E-state index contributed by atoms with van der Waals surface area (Å²) in [4.78, 5) is 10.0. The van der Waals surface area contributed by atoms with Crippen molar-refractivity contribution in [2.24, 2.45) is 9.98 Å². The van der Waals surface area contributed by atoms with Gasteiger partial charge in [0.2, 0.25) is 0 Å². The third-order valence-corrected chi connectivity index (χ3v) is 10.6. The van der Waals surface area contributed by atoms with Crippen LogP contribution < -0.4 is 5.32 Å². The second kappa shape index (κ2) is 10.3. The van der Waals surface area contributed by atoms with Gasteiger partial charge in [-0.15, -0.1) is 22.7 Å². The molecule has 0 saturated carbocycles. The lowest BCUT2D eigenvalue weighted by atomic mass is 10.0. The molecule has 0 aliphatic carbocycles. The van der Waals surface area contributed by atoms with Crippen molar-refractivity contribution in [3.05, 3.63) is 156 Å². The van der Waals surface area contributed by atoms with Crippen LogP contribution in [0.5, 0.6) is 0 Å². The second-order valence-electron chi connectivity index (χ2n) is 11.1. The lowest BCUT2D eigenvalue weighted by Gasteiger charge is -2.23. The molecule has 0 fully saturated rings. The maximum Gasteiger partial charge on any atom is 0.159 e. The first-order valence-electron chi connectivity index (χ1n) is 14.7. The first-order valence-corrected chi connectivity index (χ1v) is 16.3. The number of benzene rings is 6. The average molecular weight is 600 g/mol. The average Bonchev–Trinajstić information content (AvgIpc) is 3.65. The van der Waals surface area contributed by atoms with Crippen LogP contribution in [0, 0.1) is 0 Å². The van der Waals surface area contributed by atoms with E-state index in [-0.39, 0.29) is 6.17 Å². The summed E-state index contributed by atoms with van der Waals surface area (Å²) < 4.78 is 5.21. The summed E-state index contributed by atoms with van der Waals surface area (Å²) >= 11 is 3.71. The maximum atomic E-state index is 5.01. The van der Waals surface area contributed by atoms with Gasteiger partial charge in [-0.3, -0.25) is 0 Å². The van der Waals surface area contributed by atoms with Crippen LogP contribution >= 0.6 is 22.7 Å². The van der Waals surface area contributed by atoms with Crippen LogP contribution in [0.25, 0.3) is 51.5 Å². The normalized spacial score (nSPS) is 15.0. The summed E-state index contributed by atoms with van der Waals surface area (Å²) in [6.45, 7) is 0. The maximum absolute atomic E-state index is 5.01. The Kier molecular flexibility index (Phi) is 5.93. The Hall–Kier alpha value is -5.10. The highest BCUT2D eigenvalue weighted by Crippen LogP contribution is 2.40. The molecule has 0 bridgehead atoms. The number of thiophene rings is 2.